The van der Waals surface area contributed by atoms with Crippen LogP contribution in [0.25, 0.3) is 0 Å². The van der Waals surface area contributed by atoms with Crippen LogP contribution in [0, 0.1) is 16.7 Å². The molecule has 0 aliphatic heterocycles. The van der Waals surface area contributed by atoms with Crippen LogP contribution in [0.4, 0.5) is 0 Å². The molecule has 0 aromatic heterocycles. The van der Waals surface area contributed by atoms with Crippen molar-refractivity contribution in [3.8, 4) is 0 Å². The molecule has 0 saturated heterocycles. The lowest BCUT2D eigenvalue weighted by Gasteiger charge is -2.33. The first-order chi connectivity index (χ1) is 6.40. The lowest BCUT2D eigenvalue weighted by molar-refractivity contribution is -0.126. The molecule has 78 valence electrons. The summed E-state index contributed by atoms with van der Waals surface area (Å²) in [5.74, 6) is 1.01. The molecule has 0 spiro atoms. The molecule has 2 aliphatic carbocycles. The number of ketones is 1. The van der Waals surface area contributed by atoms with E-state index in [1.54, 1.807) is 0 Å². The van der Waals surface area contributed by atoms with Crippen LogP contribution in [-0.4, -0.2) is 5.78 Å². The lowest BCUT2D eigenvalue weighted by atomic mass is 9.69. The molecule has 0 unspecified atom stereocenters. The molecule has 1 nitrogen and oxygen atoms in total. The molecule has 0 radical (unpaired) electrons. The van der Waals surface area contributed by atoms with Gasteiger partial charge in [-0.25, -0.2) is 0 Å². The van der Waals surface area contributed by atoms with Gasteiger partial charge in [-0.2, -0.15) is 0 Å². The van der Waals surface area contributed by atoms with E-state index >= 15 is 0 Å². The second kappa shape index (κ2) is 3.18. The van der Waals surface area contributed by atoms with Gasteiger partial charge in [0.25, 0.3) is 0 Å². The van der Waals surface area contributed by atoms with Crippen molar-refractivity contribution < 1.29 is 4.79 Å². The van der Waals surface area contributed by atoms with Crippen molar-refractivity contribution in [2.24, 2.45) is 16.7 Å². The Morgan fingerprint density at radius 1 is 1.50 bits per heavy atom. The number of fused-ring (bicyclic) bond motifs is 2. The van der Waals surface area contributed by atoms with Gasteiger partial charge < -0.3 is 0 Å². The van der Waals surface area contributed by atoms with Gasteiger partial charge in [-0.3, -0.25) is 4.79 Å². The molecular weight excluding hydrogens is 308 g/mol. The first-order valence-electron chi connectivity index (χ1n) is 4.97. The summed E-state index contributed by atoms with van der Waals surface area (Å²) in [4.78, 5) is 12.0. The SMILES string of the molecule is CC1(C)[C@@H]2CC[C@@]1(C=C(Br)Br)C(=O)C2. The Morgan fingerprint density at radius 3 is 2.50 bits per heavy atom. The number of hydrogen-bond acceptors (Lipinski definition) is 1. The van der Waals surface area contributed by atoms with Crippen LogP contribution >= 0.6 is 31.9 Å². The van der Waals surface area contributed by atoms with Crippen molar-refractivity contribution in [3.05, 3.63) is 9.47 Å². The molecule has 2 aliphatic rings. The van der Waals surface area contributed by atoms with Crippen LogP contribution in [0.2, 0.25) is 0 Å². The predicted molar refractivity (Wildman–Crippen MR) is 64.5 cm³/mol. The Kier molecular flexibility index (Phi) is 2.47. The summed E-state index contributed by atoms with van der Waals surface area (Å²) in [5, 5.41) is 0. The topological polar surface area (TPSA) is 17.1 Å². The molecule has 0 heterocycles. The molecule has 2 rings (SSSR count). The molecule has 3 heteroatoms. The zero-order valence-corrected chi connectivity index (χ0v) is 11.6. The highest BCUT2D eigenvalue weighted by Crippen LogP contribution is 2.65. The highest BCUT2D eigenvalue weighted by Gasteiger charge is 2.62. The zero-order chi connectivity index (χ0) is 10.6. The molecule has 0 aromatic carbocycles. The summed E-state index contributed by atoms with van der Waals surface area (Å²) in [6.07, 6.45) is 5.06. The van der Waals surface area contributed by atoms with E-state index in [1.165, 1.54) is 6.42 Å². The van der Waals surface area contributed by atoms with Crippen LogP contribution in [0.3, 0.4) is 0 Å². The van der Waals surface area contributed by atoms with E-state index < -0.39 is 0 Å². The zero-order valence-electron chi connectivity index (χ0n) is 8.44. The van der Waals surface area contributed by atoms with E-state index in [1.807, 2.05) is 0 Å². The van der Waals surface area contributed by atoms with Crippen molar-refractivity contribution in [1.29, 1.82) is 0 Å². The number of Topliss-reactive ketones (excluding diaryl/α,β-unsaturated/α-hetero) is 1. The molecule has 14 heavy (non-hydrogen) atoms. The standard InChI is InChI=1S/C11H14Br2O/c1-10(2)7-3-4-11(10,6-9(12)13)8(14)5-7/h6-7H,3-5H2,1-2H3/t7-,11-/m1/s1. The highest BCUT2D eigenvalue weighted by atomic mass is 79.9. The summed E-state index contributed by atoms with van der Waals surface area (Å²) in [5.41, 5.74) is -0.0725. The number of rotatable bonds is 1. The van der Waals surface area contributed by atoms with E-state index in [4.69, 9.17) is 0 Å². The fraction of sp³-hybridized carbons (Fsp3) is 0.727. The number of carbonyl (C=O) groups excluding carboxylic acids is 1. The van der Waals surface area contributed by atoms with E-state index in [2.05, 4.69) is 51.8 Å². The van der Waals surface area contributed by atoms with E-state index in [-0.39, 0.29) is 10.8 Å². The van der Waals surface area contributed by atoms with Crippen LogP contribution in [0.5, 0.6) is 0 Å². The van der Waals surface area contributed by atoms with Gasteiger partial charge >= 0.3 is 0 Å². The minimum absolute atomic E-state index is 0.136. The molecule has 0 aromatic rings. The summed E-state index contributed by atoms with van der Waals surface area (Å²) >= 11 is 6.77. The smallest absolute Gasteiger partial charge is 0.143 e. The molecule has 2 saturated carbocycles. The average molecular weight is 322 g/mol. The number of carbonyl (C=O) groups is 1. The number of allylic oxidation sites excluding steroid dienone is 1. The predicted octanol–water partition coefficient (Wildman–Crippen LogP) is 4.01. The van der Waals surface area contributed by atoms with Crippen LogP contribution < -0.4 is 0 Å². The average Bonchev–Trinajstić information content (AvgIpc) is 2.36. The Labute approximate surface area is 102 Å². The fourth-order valence-electron chi connectivity index (χ4n) is 3.24. The summed E-state index contributed by atoms with van der Waals surface area (Å²) in [6.45, 7) is 4.46. The Balaban J connectivity index is 2.50. The summed E-state index contributed by atoms with van der Waals surface area (Å²) in [7, 11) is 0. The van der Waals surface area contributed by atoms with Crippen molar-refractivity contribution in [2.75, 3.05) is 0 Å². The Bertz CT molecular complexity index is 315. The van der Waals surface area contributed by atoms with Crippen molar-refractivity contribution in [2.45, 2.75) is 33.1 Å². The molecular formula is C11H14Br2O. The van der Waals surface area contributed by atoms with Gasteiger partial charge in [-0.05, 0) is 62.1 Å². The molecule has 0 N–H and O–H groups in total. The first-order valence-corrected chi connectivity index (χ1v) is 6.56. The van der Waals surface area contributed by atoms with Gasteiger partial charge in [0.2, 0.25) is 0 Å². The third-order valence-electron chi connectivity index (χ3n) is 4.34. The van der Waals surface area contributed by atoms with Crippen LogP contribution in [-0.2, 0) is 4.79 Å². The first kappa shape index (κ1) is 10.9. The van der Waals surface area contributed by atoms with E-state index in [0.717, 1.165) is 16.2 Å². The van der Waals surface area contributed by atoms with Gasteiger partial charge in [0.1, 0.15) is 5.78 Å². The largest absolute Gasteiger partial charge is 0.299 e. The van der Waals surface area contributed by atoms with E-state index in [0.29, 0.717) is 11.7 Å². The third-order valence-corrected chi connectivity index (χ3v) is 4.80. The van der Waals surface area contributed by atoms with E-state index in [9.17, 15) is 4.79 Å². The van der Waals surface area contributed by atoms with Crippen molar-refractivity contribution >= 4 is 37.6 Å². The number of halogens is 2. The summed E-state index contributed by atoms with van der Waals surface area (Å²) in [6, 6.07) is 0. The Hall–Kier alpha value is 0.370. The van der Waals surface area contributed by atoms with Gasteiger partial charge in [0.05, 0.1) is 8.81 Å². The maximum Gasteiger partial charge on any atom is 0.143 e. The van der Waals surface area contributed by atoms with Crippen LogP contribution in [0.1, 0.15) is 33.1 Å². The highest BCUT2D eigenvalue weighted by molar-refractivity contribution is 9.28. The normalized spacial score (nSPS) is 38.9. The molecule has 2 fully saturated rings. The van der Waals surface area contributed by atoms with Gasteiger partial charge in [-0.15, -0.1) is 0 Å². The van der Waals surface area contributed by atoms with Crippen LogP contribution in [0.15, 0.2) is 9.47 Å². The monoisotopic (exact) mass is 320 g/mol. The second-order valence-electron chi connectivity index (χ2n) is 4.99. The van der Waals surface area contributed by atoms with Gasteiger partial charge in [-0.1, -0.05) is 13.8 Å². The fourth-order valence-corrected chi connectivity index (χ4v) is 4.02. The second-order valence-corrected chi connectivity index (χ2v) is 7.76. The van der Waals surface area contributed by atoms with Gasteiger partial charge in [0, 0.05) is 6.42 Å². The minimum Gasteiger partial charge on any atom is -0.299 e. The minimum atomic E-state index is -0.208. The maximum atomic E-state index is 12.0. The Morgan fingerprint density at radius 2 is 2.14 bits per heavy atom. The summed E-state index contributed by atoms with van der Waals surface area (Å²) < 4.78 is 0.911. The van der Waals surface area contributed by atoms with Crippen molar-refractivity contribution in [3.63, 3.8) is 0 Å². The molecule has 0 amide bonds. The quantitative estimate of drug-likeness (QED) is 0.713. The van der Waals surface area contributed by atoms with Crippen molar-refractivity contribution in [1.82, 2.24) is 0 Å². The lowest BCUT2D eigenvalue weighted by Crippen LogP contribution is -2.33. The molecule has 2 bridgehead atoms. The molecule has 2 atom stereocenters. The third kappa shape index (κ3) is 1.21. The maximum absolute atomic E-state index is 12.0. The number of hydrogen-bond donors (Lipinski definition) is 0. The van der Waals surface area contributed by atoms with Gasteiger partial charge in [0.15, 0.2) is 0 Å².